The predicted molar refractivity (Wildman–Crippen MR) is 66.3 cm³/mol. The molecule has 0 bridgehead atoms. The monoisotopic (exact) mass is 216 g/mol. The van der Waals surface area contributed by atoms with Crippen molar-refractivity contribution in [2.24, 2.45) is 0 Å². The van der Waals surface area contributed by atoms with E-state index in [9.17, 15) is 0 Å². The molecule has 0 spiro atoms. The standard InChI is InChI=1S/C12H28N2O/c1-6-12(4,15-5)10-13-8-7-9-14-11(2)3/h11,13-14H,6-10H2,1-5H3. The van der Waals surface area contributed by atoms with E-state index in [-0.39, 0.29) is 5.60 Å². The van der Waals surface area contributed by atoms with Crippen molar-refractivity contribution >= 4 is 0 Å². The highest BCUT2D eigenvalue weighted by molar-refractivity contribution is 4.75. The Morgan fingerprint density at radius 1 is 1.27 bits per heavy atom. The molecule has 0 aliphatic heterocycles. The molecule has 0 aromatic carbocycles. The lowest BCUT2D eigenvalue weighted by Crippen LogP contribution is -2.40. The van der Waals surface area contributed by atoms with Gasteiger partial charge in [-0.25, -0.2) is 0 Å². The summed E-state index contributed by atoms with van der Waals surface area (Å²) >= 11 is 0. The largest absolute Gasteiger partial charge is 0.377 e. The first kappa shape index (κ1) is 14.9. The molecule has 92 valence electrons. The van der Waals surface area contributed by atoms with Crippen molar-refractivity contribution in [1.29, 1.82) is 0 Å². The van der Waals surface area contributed by atoms with Gasteiger partial charge in [0.25, 0.3) is 0 Å². The summed E-state index contributed by atoms with van der Waals surface area (Å²) in [5.41, 5.74) is -0.00846. The fourth-order valence-corrected chi connectivity index (χ4v) is 1.30. The van der Waals surface area contributed by atoms with Crippen LogP contribution in [-0.4, -0.2) is 38.4 Å². The molecule has 0 radical (unpaired) electrons. The fraction of sp³-hybridized carbons (Fsp3) is 1.00. The van der Waals surface area contributed by atoms with Gasteiger partial charge in [0.05, 0.1) is 5.60 Å². The van der Waals surface area contributed by atoms with Crippen LogP contribution in [0.15, 0.2) is 0 Å². The summed E-state index contributed by atoms with van der Waals surface area (Å²) in [6.45, 7) is 11.7. The van der Waals surface area contributed by atoms with Gasteiger partial charge in [0.1, 0.15) is 0 Å². The third kappa shape index (κ3) is 7.77. The first-order valence-corrected chi connectivity index (χ1v) is 6.03. The van der Waals surface area contributed by atoms with Gasteiger partial charge in [0.15, 0.2) is 0 Å². The number of methoxy groups -OCH3 is 1. The smallest absolute Gasteiger partial charge is 0.0771 e. The SMILES string of the molecule is CCC(C)(CNCCCNC(C)C)OC. The predicted octanol–water partition coefficient (Wildman–Crippen LogP) is 1.78. The molecule has 0 aromatic rings. The van der Waals surface area contributed by atoms with E-state index < -0.39 is 0 Å². The topological polar surface area (TPSA) is 33.3 Å². The van der Waals surface area contributed by atoms with Crippen LogP contribution in [-0.2, 0) is 4.74 Å². The molecule has 15 heavy (non-hydrogen) atoms. The van der Waals surface area contributed by atoms with Crippen LogP contribution >= 0.6 is 0 Å². The van der Waals surface area contributed by atoms with Gasteiger partial charge in [-0.1, -0.05) is 20.8 Å². The average Bonchev–Trinajstić information content (AvgIpc) is 2.22. The Morgan fingerprint density at radius 2 is 1.93 bits per heavy atom. The van der Waals surface area contributed by atoms with Crippen molar-refractivity contribution in [1.82, 2.24) is 10.6 Å². The molecule has 1 atom stereocenters. The van der Waals surface area contributed by atoms with E-state index in [0.29, 0.717) is 6.04 Å². The number of rotatable bonds is 9. The van der Waals surface area contributed by atoms with Crippen LogP contribution < -0.4 is 10.6 Å². The molecule has 3 heteroatoms. The van der Waals surface area contributed by atoms with E-state index in [1.807, 2.05) is 0 Å². The molecule has 3 nitrogen and oxygen atoms in total. The van der Waals surface area contributed by atoms with Crippen molar-refractivity contribution in [2.45, 2.75) is 52.2 Å². The van der Waals surface area contributed by atoms with Gasteiger partial charge < -0.3 is 15.4 Å². The minimum absolute atomic E-state index is 0.00846. The molecule has 0 aromatic heterocycles. The summed E-state index contributed by atoms with van der Waals surface area (Å²) < 4.78 is 5.45. The van der Waals surface area contributed by atoms with E-state index in [1.54, 1.807) is 7.11 Å². The van der Waals surface area contributed by atoms with Gasteiger partial charge in [0, 0.05) is 19.7 Å². The number of hydrogen-bond donors (Lipinski definition) is 2. The number of ether oxygens (including phenoxy) is 1. The lowest BCUT2D eigenvalue weighted by molar-refractivity contribution is 0.00384. The molecular formula is C12H28N2O. The average molecular weight is 216 g/mol. The maximum Gasteiger partial charge on any atom is 0.0771 e. The first-order chi connectivity index (χ1) is 7.04. The van der Waals surface area contributed by atoms with Crippen LogP contribution in [0.4, 0.5) is 0 Å². The highest BCUT2D eigenvalue weighted by Gasteiger charge is 2.19. The van der Waals surface area contributed by atoms with Gasteiger partial charge in [-0.3, -0.25) is 0 Å². The van der Waals surface area contributed by atoms with E-state index in [4.69, 9.17) is 4.74 Å². The van der Waals surface area contributed by atoms with Crippen molar-refractivity contribution in [3.63, 3.8) is 0 Å². The van der Waals surface area contributed by atoms with E-state index in [2.05, 4.69) is 38.3 Å². The third-order valence-corrected chi connectivity index (χ3v) is 2.82. The molecule has 0 aliphatic rings. The maximum atomic E-state index is 5.45. The summed E-state index contributed by atoms with van der Waals surface area (Å²) in [5.74, 6) is 0. The first-order valence-electron chi connectivity index (χ1n) is 6.03. The summed E-state index contributed by atoms with van der Waals surface area (Å²) in [5, 5.41) is 6.84. The zero-order valence-electron chi connectivity index (χ0n) is 11.0. The molecular weight excluding hydrogens is 188 g/mol. The third-order valence-electron chi connectivity index (χ3n) is 2.82. The zero-order chi connectivity index (χ0) is 11.7. The molecule has 1 unspecified atom stereocenters. The Labute approximate surface area is 95.0 Å². The second-order valence-electron chi connectivity index (χ2n) is 4.65. The summed E-state index contributed by atoms with van der Waals surface area (Å²) in [6, 6.07) is 0.588. The van der Waals surface area contributed by atoms with Gasteiger partial charge in [-0.2, -0.15) is 0 Å². The Morgan fingerprint density at radius 3 is 2.40 bits per heavy atom. The van der Waals surface area contributed by atoms with Crippen LogP contribution in [0.25, 0.3) is 0 Å². The van der Waals surface area contributed by atoms with Crippen molar-refractivity contribution in [3.05, 3.63) is 0 Å². The maximum absolute atomic E-state index is 5.45. The molecule has 0 aliphatic carbocycles. The Bertz CT molecular complexity index is 145. The molecule has 2 N–H and O–H groups in total. The fourth-order valence-electron chi connectivity index (χ4n) is 1.30. The van der Waals surface area contributed by atoms with Gasteiger partial charge in [0.2, 0.25) is 0 Å². The lowest BCUT2D eigenvalue weighted by Gasteiger charge is -2.27. The van der Waals surface area contributed by atoms with Crippen molar-refractivity contribution < 1.29 is 4.74 Å². The van der Waals surface area contributed by atoms with Crippen LogP contribution in [0.1, 0.15) is 40.5 Å². The number of hydrogen-bond acceptors (Lipinski definition) is 3. The quantitative estimate of drug-likeness (QED) is 0.576. The van der Waals surface area contributed by atoms with Crippen LogP contribution in [0.2, 0.25) is 0 Å². The van der Waals surface area contributed by atoms with Gasteiger partial charge in [-0.15, -0.1) is 0 Å². The molecule has 0 fully saturated rings. The summed E-state index contributed by atoms with van der Waals surface area (Å²) in [6.07, 6.45) is 2.21. The Hall–Kier alpha value is -0.120. The lowest BCUT2D eigenvalue weighted by atomic mass is 10.0. The molecule has 0 heterocycles. The van der Waals surface area contributed by atoms with E-state index >= 15 is 0 Å². The zero-order valence-corrected chi connectivity index (χ0v) is 11.0. The summed E-state index contributed by atoms with van der Waals surface area (Å²) in [7, 11) is 1.78. The van der Waals surface area contributed by atoms with Crippen LogP contribution in [0.3, 0.4) is 0 Å². The number of nitrogens with one attached hydrogen (secondary N) is 2. The second-order valence-corrected chi connectivity index (χ2v) is 4.65. The Kier molecular flexibility index (Phi) is 8.02. The highest BCUT2D eigenvalue weighted by atomic mass is 16.5. The van der Waals surface area contributed by atoms with E-state index in [1.165, 1.54) is 6.42 Å². The van der Waals surface area contributed by atoms with Crippen LogP contribution in [0.5, 0.6) is 0 Å². The second kappa shape index (κ2) is 8.08. The van der Waals surface area contributed by atoms with Crippen molar-refractivity contribution in [3.8, 4) is 0 Å². The van der Waals surface area contributed by atoms with Crippen molar-refractivity contribution in [2.75, 3.05) is 26.7 Å². The Balaban J connectivity index is 3.37. The van der Waals surface area contributed by atoms with Crippen LogP contribution in [0, 0.1) is 0 Å². The van der Waals surface area contributed by atoms with E-state index in [0.717, 1.165) is 26.1 Å². The minimum Gasteiger partial charge on any atom is -0.377 e. The van der Waals surface area contributed by atoms with Gasteiger partial charge >= 0.3 is 0 Å². The highest BCUT2D eigenvalue weighted by Crippen LogP contribution is 2.11. The normalized spacial score (nSPS) is 15.6. The molecule has 0 saturated carbocycles. The minimum atomic E-state index is -0.00846. The van der Waals surface area contributed by atoms with Gasteiger partial charge in [-0.05, 0) is 32.9 Å². The molecule has 0 amide bonds. The molecule has 0 rings (SSSR count). The molecule has 0 saturated heterocycles. The summed E-state index contributed by atoms with van der Waals surface area (Å²) in [4.78, 5) is 0.